The minimum Gasteiger partial charge on any atom is -0.291 e. The number of fused-ring (bicyclic) bond motifs is 2. The quantitative estimate of drug-likeness (QED) is 0.646. The average Bonchev–Trinajstić information content (AvgIpc) is 3.39. The molecule has 26 heavy (non-hydrogen) atoms. The standard InChI is InChI=1S/C20H16N2O2S2/c23-19-13-4-1-2-5-15(13)22(20(19)24)12-21-9-7-16-14(8-11-26-16)18(21)17-6-3-10-25-17/h1-6,8,10-11,18H,7,9,12H2. The lowest BCUT2D eigenvalue weighted by atomic mass is 9.99. The Kier molecular flexibility index (Phi) is 3.77. The maximum Gasteiger partial charge on any atom is 0.300 e. The summed E-state index contributed by atoms with van der Waals surface area (Å²) in [5.74, 6) is -0.825. The molecule has 1 atom stereocenters. The van der Waals surface area contributed by atoms with Crippen LogP contribution in [-0.2, 0) is 11.2 Å². The summed E-state index contributed by atoms with van der Waals surface area (Å²) in [6.07, 6.45) is 0.979. The average molecular weight is 380 g/mol. The molecule has 1 aromatic carbocycles. The third-order valence-electron chi connectivity index (χ3n) is 5.08. The van der Waals surface area contributed by atoms with Gasteiger partial charge in [-0.15, -0.1) is 22.7 Å². The molecule has 0 saturated carbocycles. The Labute approximate surface area is 159 Å². The fraction of sp³-hybridized carbons (Fsp3) is 0.200. The SMILES string of the molecule is O=C1C(=O)N(CN2CCc3sccc3C2c2cccs2)c2ccccc21. The van der Waals surface area contributed by atoms with E-state index in [0.29, 0.717) is 12.2 Å². The first-order chi connectivity index (χ1) is 12.7. The molecule has 0 N–H and O–H groups in total. The molecule has 2 aromatic heterocycles. The Morgan fingerprint density at radius 1 is 1.00 bits per heavy atom. The van der Waals surface area contributed by atoms with Crippen LogP contribution in [0.1, 0.15) is 31.7 Å². The fourth-order valence-corrected chi connectivity index (χ4v) is 5.65. The van der Waals surface area contributed by atoms with E-state index >= 15 is 0 Å². The Balaban J connectivity index is 1.52. The van der Waals surface area contributed by atoms with Crippen LogP contribution in [0.5, 0.6) is 0 Å². The third-order valence-corrected chi connectivity index (χ3v) is 7.00. The summed E-state index contributed by atoms with van der Waals surface area (Å²) in [6.45, 7) is 1.30. The zero-order valence-electron chi connectivity index (χ0n) is 13.9. The summed E-state index contributed by atoms with van der Waals surface area (Å²) in [6, 6.07) is 13.8. The molecule has 2 aliphatic heterocycles. The Hall–Kier alpha value is -2.28. The molecule has 5 rings (SSSR count). The van der Waals surface area contributed by atoms with E-state index in [0.717, 1.165) is 18.7 Å². The predicted molar refractivity (Wildman–Crippen MR) is 104 cm³/mol. The summed E-state index contributed by atoms with van der Waals surface area (Å²) in [7, 11) is 0. The van der Waals surface area contributed by atoms with Gasteiger partial charge in [-0.2, -0.15) is 0 Å². The number of carbonyl (C=O) groups excluding carboxylic acids is 2. The number of rotatable bonds is 3. The molecule has 2 aliphatic rings. The van der Waals surface area contributed by atoms with E-state index in [1.54, 1.807) is 39.7 Å². The smallest absolute Gasteiger partial charge is 0.291 e. The van der Waals surface area contributed by atoms with Gasteiger partial charge in [-0.3, -0.25) is 19.4 Å². The van der Waals surface area contributed by atoms with Gasteiger partial charge >= 0.3 is 5.91 Å². The van der Waals surface area contributed by atoms with Gasteiger partial charge in [0, 0.05) is 16.3 Å². The number of anilines is 1. The van der Waals surface area contributed by atoms with Crippen molar-refractivity contribution >= 4 is 40.1 Å². The molecular formula is C20H16N2O2S2. The topological polar surface area (TPSA) is 40.6 Å². The van der Waals surface area contributed by atoms with Crippen molar-refractivity contribution in [2.45, 2.75) is 12.5 Å². The number of benzene rings is 1. The van der Waals surface area contributed by atoms with Crippen molar-refractivity contribution in [1.29, 1.82) is 0 Å². The van der Waals surface area contributed by atoms with E-state index in [4.69, 9.17) is 0 Å². The molecule has 0 radical (unpaired) electrons. The van der Waals surface area contributed by atoms with Crippen molar-refractivity contribution in [3.05, 3.63) is 74.1 Å². The molecule has 0 saturated heterocycles. The summed E-state index contributed by atoms with van der Waals surface area (Å²) < 4.78 is 0. The summed E-state index contributed by atoms with van der Waals surface area (Å²) in [4.78, 5) is 31.5. The van der Waals surface area contributed by atoms with Crippen molar-refractivity contribution in [2.24, 2.45) is 0 Å². The first-order valence-corrected chi connectivity index (χ1v) is 10.3. The number of ketones is 1. The van der Waals surface area contributed by atoms with E-state index in [1.165, 1.54) is 15.3 Å². The van der Waals surface area contributed by atoms with E-state index in [1.807, 2.05) is 12.1 Å². The molecule has 1 amide bonds. The lowest BCUT2D eigenvalue weighted by Gasteiger charge is -2.37. The molecule has 4 nitrogen and oxygen atoms in total. The van der Waals surface area contributed by atoms with E-state index in [9.17, 15) is 9.59 Å². The highest BCUT2D eigenvalue weighted by Gasteiger charge is 2.39. The molecule has 1 unspecified atom stereocenters. The van der Waals surface area contributed by atoms with Crippen LogP contribution in [0.2, 0.25) is 0 Å². The maximum atomic E-state index is 12.6. The number of hydrogen-bond acceptors (Lipinski definition) is 5. The first kappa shape index (κ1) is 15.9. The summed E-state index contributed by atoms with van der Waals surface area (Å²) >= 11 is 3.54. The Morgan fingerprint density at radius 2 is 1.88 bits per heavy atom. The van der Waals surface area contributed by atoms with E-state index < -0.39 is 11.7 Å². The van der Waals surface area contributed by atoms with Gasteiger partial charge in [-0.05, 0) is 47.0 Å². The van der Waals surface area contributed by atoms with Gasteiger partial charge in [0.2, 0.25) is 0 Å². The minimum absolute atomic E-state index is 0.140. The van der Waals surface area contributed by atoms with Crippen molar-refractivity contribution in [1.82, 2.24) is 4.90 Å². The molecule has 6 heteroatoms. The Morgan fingerprint density at radius 3 is 2.73 bits per heavy atom. The van der Waals surface area contributed by atoms with Crippen LogP contribution >= 0.6 is 22.7 Å². The highest BCUT2D eigenvalue weighted by atomic mass is 32.1. The van der Waals surface area contributed by atoms with Gasteiger partial charge in [0.15, 0.2) is 0 Å². The van der Waals surface area contributed by atoms with Gasteiger partial charge in [0.25, 0.3) is 5.78 Å². The number of carbonyl (C=O) groups is 2. The third kappa shape index (κ3) is 2.37. The predicted octanol–water partition coefficient (Wildman–Crippen LogP) is 3.94. The second-order valence-corrected chi connectivity index (χ2v) is 8.48. The monoisotopic (exact) mass is 380 g/mol. The highest BCUT2D eigenvalue weighted by molar-refractivity contribution is 7.10. The van der Waals surface area contributed by atoms with Gasteiger partial charge in [-0.25, -0.2) is 0 Å². The fourth-order valence-electron chi connectivity index (χ4n) is 3.87. The number of thiophene rings is 2. The number of Topliss-reactive ketones (excluding diaryl/α,β-unsaturated/α-hetero) is 1. The van der Waals surface area contributed by atoms with Crippen LogP contribution in [0.25, 0.3) is 0 Å². The van der Waals surface area contributed by atoms with Gasteiger partial charge in [-0.1, -0.05) is 18.2 Å². The van der Waals surface area contributed by atoms with Gasteiger partial charge in [0.05, 0.1) is 24.0 Å². The highest BCUT2D eigenvalue weighted by Crippen LogP contribution is 2.40. The normalized spacial score (nSPS) is 19.7. The molecule has 0 spiro atoms. The molecule has 3 aromatic rings. The van der Waals surface area contributed by atoms with Gasteiger partial charge in [0.1, 0.15) is 0 Å². The second kappa shape index (κ2) is 6.16. The summed E-state index contributed by atoms with van der Waals surface area (Å²) in [5, 5.41) is 4.24. The molecule has 0 fully saturated rings. The van der Waals surface area contributed by atoms with Crippen molar-refractivity contribution in [3.63, 3.8) is 0 Å². The summed E-state index contributed by atoms with van der Waals surface area (Å²) in [5.41, 5.74) is 2.57. The van der Waals surface area contributed by atoms with E-state index in [-0.39, 0.29) is 6.04 Å². The van der Waals surface area contributed by atoms with Crippen molar-refractivity contribution in [2.75, 3.05) is 18.1 Å². The molecule has 4 heterocycles. The zero-order chi connectivity index (χ0) is 17.7. The largest absolute Gasteiger partial charge is 0.300 e. The van der Waals surface area contributed by atoms with Crippen molar-refractivity contribution in [3.8, 4) is 0 Å². The number of amides is 1. The molecule has 130 valence electrons. The van der Waals surface area contributed by atoms with E-state index in [2.05, 4.69) is 33.9 Å². The number of para-hydroxylation sites is 1. The Bertz CT molecular complexity index is 993. The second-order valence-electron chi connectivity index (χ2n) is 6.50. The minimum atomic E-state index is -0.424. The van der Waals surface area contributed by atoms with Crippen LogP contribution in [0.4, 0.5) is 5.69 Å². The van der Waals surface area contributed by atoms with Crippen LogP contribution in [0.15, 0.2) is 53.2 Å². The lowest BCUT2D eigenvalue weighted by Crippen LogP contribution is -2.45. The molecule has 0 bridgehead atoms. The van der Waals surface area contributed by atoms with Crippen molar-refractivity contribution < 1.29 is 9.59 Å². The lowest BCUT2D eigenvalue weighted by molar-refractivity contribution is -0.114. The first-order valence-electron chi connectivity index (χ1n) is 8.53. The van der Waals surface area contributed by atoms with Crippen LogP contribution in [-0.4, -0.2) is 29.8 Å². The van der Waals surface area contributed by atoms with Crippen LogP contribution in [0, 0.1) is 0 Å². The molecule has 0 aliphatic carbocycles. The maximum absolute atomic E-state index is 12.6. The molecular weight excluding hydrogens is 364 g/mol. The van der Waals surface area contributed by atoms with Gasteiger partial charge < -0.3 is 0 Å². The van der Waals surface area contributed by atoms with Crippen LogP contribution < -0.4 is 4.90 Å². The number of nitrogens with zero attached hydrogens (tertiary/aromatic N) is 2. The van der Waals surface area contributed by atoms with Crippen LogP contribution in [0.3, 0.4) is 0 Å². The zero-order valence-corrected chi connectivity index (χ0v) is 15.6. The number of hydrogen-bond donors (Lipinski definition) is 0.